The van der Waals surface area contributed by atoms with Crippen LogP contribution < -0.4 is 10.1 Å². The fourth-order valence-corrected chi connectivity index (χ4v) is 2.93. The highest BCUT2D eigenvalue weighted by atomic mass is 32.1. The summed E-state index contributed by atoms with van der Waals surface area (Å²) in [6.45, 7) is 4.36. The van der Waals surface area contributed by atoms with Gasteiger partial charge in [0.25, 0.3) is 5.91 Å². The summed E-state index contributed by atoms with van der Waals surface area (Å²) in [7, 11) is 0. The minimum Gasteiger partial charge on any atom is -0.487 e. The number of hydrogen-bond acceptors (Lipinski definition) is 4. The number of carbonyl (C=O) groups is 1. The van der Waals surface area contributed by atoms with Gasteiger partial charge in [0.15, 0.2) is 0 Å². The van der Waals surface area contributed by atoms with Gasteiger partial charge in [-0.25, -0.2) is 4.98 Å². The quantitative estimate of drug-likeness (QED) is 0.740. The molecule has 5 heteroatoms. The van der Waals surface area contributed by atoms with Crippen molar-refractivity contribution in [3.8, 4) is 5.75 Å². The van der Waals surface area contributed by atoms with Gasteiger partial charge in [-0.05, 0) is 43.2 Å². The molecule has 0 fully saturated rings. The summed E-state index contributed by atoms with van der Waals surface area (Å²) < 4.78 is 5.70. The Kier molecular flexibility index (Phi) is 4.91. The molecule has 0 aliphatic carbocycles. The second-order valence-electron chi connectivity index (χ2n) is 5.52. The van der Waals surface area contributed by atoms with Crippen molar-refractivity contribution in [3.63, 3.8) is 0 Å². The number of ether oxygens (including phenoxy) is 1. The highest BCUT2D eigenvalue weighted by Crippen LogP contribution is 2.21. The molecule has 1 heterocycles. The van der Waals surface area contributed by atoms with E-state index >= 15 is 0 Å². The van der Waals surface area contributed by atoms with Crippen LogP contribution in [0.3, 0.4) is 0 Å². The first-order valence-electron chi connectivity index (χ1n) is 7.61. The second-order valence-corrected chi connectivity index (χ2v) is 6.24. The Morgan fingerprint density at radius 3 is 2.62 bits per heavy atom. The molecule has 0 saturated carbocycles. The smallest absolute Gasteiger partial charge is 0.255 e. The zero-order valence-corrected chi connectivity index (χ0v) is 14.4. The van der Waals surface area contributed by atoms with E-state index in [4.69, 9.17) is 4.74 Å². The molecular formula is C19H18N2O2S. The van der Waals surface area contributed by atoms with Crippen molar-refractivity contribution in [2.75, 3.05) is 5.32 Å². The summed E-state index contributed by atoms with van der Waals surface area (Å²) in [6, 6.07) is 13.1. The van der Waals surface area contributed by atoms with E-state index in [9.17, 15) is 4.79 Å². The number of nitrogens with zero attached hydrogens (tertiary/aromatic N) is 1. The number of benzene rings is 2. The molecule has 3 aromatic rings. The van der Waals surface area contributed by atoms with Gasteiger partial charge in [0, 0.05) is 16.6 Å². The van der Waals surface area contributed by atoms with Gasteiger partial charge >= 0.3 is 0 Å². The molecular weight excluding hydrogens is 320 g/mol. The van der Waals surface area contributed by atoms with Crippen molar-refractivity contribution in [2.24, 2.45) is 0 Å². The summed E-state index contributed by atoms with van der Waals surface area (Å²) in [5, 5.41) is 4.93. The summed E-state index contributed by atoms with van der Waals surface area (Å²) in [5.41, 5.74) is 6.15. The minimum atomic E-state index is -0.147. The lowest BCUT2D eigenvalue weighted by Gasteiger charge is -2.12. The van der Waals surface area contributed by atoms with Crippen molar-refractivity contribution in [3.05, 3.63) is 75.7 Å². The van der Waals surface area contributed by atoms with Crippen molar-refractivity contribution < 1.29 is 9.53 Å². The molecule has 24 heavy (non-hydrogen) atoms. The maximum absolute atomic E-state index is 12.5. The molecule has 0 aliphatic heterocycles. The number of rotatable bonds is 5. The number of aromatic nitrogens is 1. The van der Waals surface area contributed by atoms with E-state index in [0.717, 1.165) is 22.5 Å². The van der Waals surface area contributed by atoms with Crippen LogP contribution in [0.4, 0.5) is 5.69 Å². The highest BCUT2D eigenvalue weighted by molar-refractivity contribution is 7.07. The Morgan fingerprint density at radius 2 is 1.92 bits per heavy atom. The summed E-state index contributed by atoms with van der Waals surface area (Å²) in [5.74, 6) is 0.503. The van der Waals surface area contributed by atoms with Gasteiger partial charge < -0.3 is 10.1 Å². The predicted octanol–water partition coefficient (Wildman–Crippen LogP) is 4.59. The van der Waals surface area contributed by atoms with Gasteiger partial charge in [-0.15, -0.1) is 11.3 Å². The molecule has 4 nitrogen and oxygen atoms in total. The molecule has 1 aromatic heterocycles. The van der Waals surface area contributed by atoms with Gasteiger partial charge in [0.05, 0.1) is 11.2 Å². The van der Waals surface area contributed by atoms with Crippen LogP contribution in [0, 0.1) is 13.8 Å². The lowest BCUT2D eigenvalue weighted by Crippen LogP contribution is -2.13. The fourth-order valence-electron chi connectivity index (χ4n) is 2.39. The number of carbonyl (C=O) groups excluding carboxylic acids is 1. The first-order chi connectivity index (χ1) is 11.6. The van der Waals surface area contributed by atoms with E-state index in [-0.39, 0.29) is 5.91 Å². The van der Waals surface area contributed by atoms with Crippen LogP contribution >= 0.6 is 11.3 Å². The van der Waals surface area contributed by atoms with Gasteiger partial charge in [0.2, 0.25) is 0 Å². The number of amides is 1. The Bertz CT molecular complexity index is 824. The van der Waals surface area contributed by atoms with Gasteiger partial charge in [-0.2, -0.15) is 0 Å². The van der Waals surface area contributed by atoms with Crippen LogP contribution in [-0.2, 0) is 6.61 Å². The Balaban J connectivity index is 1.72. The topological polar surface area (TPSA) is 51.2 Å². The zero-order chi connectivity index (χ0) is 16.9. The number of hydrogen-bond donors (Lipinski definition) is 1. The molecule has 0 aliphatic rings. The van der Waals surface area contributed by atoms with E-state index in [2.05, 4.69) is 10.3 Å². The summed E-state index contributed by atoms with van der Waals surface area (Å²) >= 11 is 1.53. The molecule has 0 atom stereocenters. The normalized spacial score (nSPS) is 10.4. The van der Waals surface area contributed by atoms with Crippen LogP contribution in [0.15, 0.2) is 53.4 Å². The van der Waals surface area contributed by atoms with Crippen LogP contribution in [0.25, 0.3) is 0 Å². The van der Waals surface area contributed by atoms with Crippen molar-refractivity contribution in [1.29, 1.82) is 0 Å². The average molecular weight is 338 g/mol. The Labute approximate surface area is 145 Å². The molecule has 3 rings (SSSR count). The van der Waals surface area contributed by atoms with Crippen molar-refractivity contribution >= 4 is 22.9 Å². The molecule has 1 amide bonds. The van der Waals surface area contributed by atoms with Crippen LogP contribution in [0.1, 0.15) is 27.2 Å². The van der Waals surface area contributed by atoms with Gasteiger partial charge in [0.1, 0.15) is 12.4 Å². The highest BCUT2D eigenvalue weighted by Gasteiger charge is 2.10. The SMILES string of the molecule is Cc1cccc(C)c1NC(=O)c1cccc(OCc2cscn2)c1. The van der Waals surface area contributed by atoms with E-state index in [1.807, 2.05) is 49.6 Å². The number of aryl methyl sites for hydroxylation is 2. The average Bonchev–Trinajstić information content (AvgIpc) is 3.10. The first-order valence-corrected chi connectivity index (χ1v) is 8.55. The third-order valence-corrected chi connectivity index (χ3v) is 4.32. The Morgan fingerprint density at radius 1 is 1.17 bits per heavy atom. The molecule has 0 bridgehead atoms. The second kappa shape index (κ2) is 7.27. The molecule has 0 unspecified atom stereocenters. The third kappa shape index (κ3) is 3.81. The van der Waals surface area contributed by atoms with Gasteiger partial charge in [-0.3, -0.25) is 4.79 Å². The lowest BCUT2D eigenvalue weighted by molar-refractivity contribution is 0.102. The van der Waals surface area contributed by atoms with Crippen LogP contribution in [-0.4, -0.2) is 10.9 Å². The summed E-state index contributed by atoms with van der Waals surface area (Å²) in [6.07, 6.45) is 0. The van der Waals surface area contributed by atoms with Gasteiger partial charge in [-0.1, -0.05) is 24.3 Å². The number of anilines is 1. The predicted molar refractivity (Wildman–Crippen MR) is 96.8 cm³/mol. The fraction of sp³-hybridized carbons (Fsp3) is 0.158. The largest absolute Gasteiger partial charge is 0.487 e. The molecule has 0 radical (unpaired) electrons. The number of thiazole rings is 1. The zero-order valence-electron chi connectivity index (χ0n) is 13.6. The molecule has 0 spiro atoms. The molecule has 0 saturated heterocycles. The molecule has 1 N–H and O–H groups in total. The van der Waals surface area contributed by atoms with Crippen LogP contribution in [0.5, 0.6) is 5.75 Å². The monoisotopic (exact) mass is 338 g/mol. The maximum atomic E-state index is 12.5. The van der Waals surface area contributed by atoms with E-state index < -0.39 is 0 Å². The first kappa shape index (κ1) is 16.2. The number of para-hydroxylation sites is 1. The standard InChI is InChI=1S/C19H18N2O2S/c1-13-5-3-6-14(2)18(13)21-19(22)15-7-4-8-17(9-15)23-10-16-11-24-12-20-16/h3-9,11-12H,10H2,1-2H3,(H,21,22). The third-order valence-electron chi connectivity index (χ3n) is 3.69. The van der Waals surface area contributed by atoms with E-state index in [1.165, 1.54) is 11.3 Å². The lowest BCUT2D eigenvalue weighted by atomic mass is 10.1. The Hall–Kier alpha value is -2.66. The van der Waals surface area contributed by atoms with Crippen molar-refractivity contribution in [2.45, 2.75) is 20.5 Å². The van der Waals surface area contributed by atoms with E-state index in [1.54, 1.807) is 17.6 Å². The van der Waals surface area contributed by atoms with Crippen molar-refractivity contribution in [1.82, 2.24) is 4.98 Å². The van der Waals surface area contributed by atoms with E-state index in [0.29, 0.717) is 17.9 Å². The maximum Gasteiger partial charge on any atom is 0.255 e. The molecule has 2 aromatic carbocycles. The number of nitrogens with one attached hydrogen (secondary N) is 1. The molecule has 122 valence electrons. The summed E-state index contributed by atoms with van der Waals surface area (Å²) in [4.78, 5) is 16.7. The van der Waals surface area contributed by atoms with Crippen LogP contribution in [0.2, 0.25) is 0 Å². The minimum absolute atomic E-state index is 0.147.